The topological polar surface area (TPSA) is 81.2 Å². The molecule has 0 saturated carbocycles. The van der Waals surface area contributed by atoms with Crippen LogP contribution in [0.25, 0.3) is 11.3 Å². The van der Waals surface area contributed by atoms with Crippen LogP contribution < -0.4 is 11.1 Å². The SMILES string of the molecule is Cc1onc(-c2c(F)cccc2Cl)c1C(=O)NCC(C)(C)N. The highest BCUT2D eigenvalue weighted by molar-refractivity contribution is 6.33. The number of carbonyl (C=O) groups is 1. The predicted molar refractivity (Wildman–Crippen MR) is 82.2 cm³/mol. The van der Waals surface area contributed by atoms with Crippen LogP contribution in [0.1, 0.15) is 30.0 Å². The maximum atomic E-state index is 14.0. The molecule has 7 heteroatoms. The molecule has 22 heavy (non-hydrogen) atoms. The van der Waals surface area contributed by atoms with E-state index in [0.29, 0.717) is 0 Å². The van der Waals surface area contributed by atoms with E-state index in [-0.39, 0.29) is 34.1 Å². The molecule has 0 spiro atoms. The fourth-order valence-corrected chi connectivity index (χ4v) is 2.18. The number of nitrogens with zero attached hydrogens (tertiary/aromatic N) is 1. The molecule has 2 rings (SSSR count). The summed E-state index contributed by atoms with van der Waals surface area (Å²) in [6.07, 6.45) is 0. The van der Waals surface area contributed by atoms with Crippen molar-refractivity contribution in [1.82, 2.24) is 10.5 Å². The minimum absolute atomic E-state index is 0.0400. The monoisotopic (exact) mass is 325 g/mol. The molecule has 0 radical (unpaired) electrons. The molecule has 0 aliphatic heterocycles. The first-order valence-electron chi connectivity index (χ1n) is 6.68. The second-order valence-corrected chi connectivity index (χ2v) is 6.14. The Bertz CT molecular complexity index is 687. The van der Waals surface area contributed by atoms with E-state index in [4.69, 9.17) is 21.9 Å². The highest BCUT2D eigenvalue weighted by atomic mass is 35.5. The third-order valence-electron chi connectivity index (χ3n) is 2.99. The number of hydrogen-bond donors (Lipinski definition) is 2. The van der Waals surface area contributed by atoms with Crippen LogP contribution in [0, 0.1) is 12.7 Å². The van der Waals surface area contributed by atoms with E-state index in [1.165, 1.54) is 18.2 Å². The van der Waals surface area contributed by atoms with Gasteiger partial charge in [0.1, 0.15) is 22.8 Å². The summed E-state index contributed by atoms with van der Waals surface area (Å²) in [5, 5.41) is 6.62. The van der Waals surface area contributed by atoms with Crippen LogP contribution >= 0.6 is 11.6 Å². The largest absolute Gasteiger partial charge is 0.360 e. The van der Waals surface area contributed by atoms with Crippen molar-refractivity contribution in [2.45, 2.75) is 26.3 Å². The van der Waals surface area contributed by atoms with E-state index in [9.17, 15) is 9.18 Å². The van der Waals surface area contributed by atoms with Gasteiger partial charge in [-0.05, 0) is 32.9 Å². The van der Waals surface area contributed by atoms with Crippen molar-refractivity contribution in [3.63, 3.8) is 0 Å². The molecule has 0 bridgehead atoms. The fourth-order valence-electron chi connectivity index (χ4n) is 1.93. The summed E-state index contributed by atoms with van der Waals surface area (Å²) in [6.45, 7) is 5.39. The molecular formula is C15H17ClFN3O2. The Morgan fingerprint density at radius 2 is 2.18 bits per heavy atom. The number of rotatable bonds is 4. The predicted octanol–water partition coefficient (Wildman–Crippen LogP) is 2.91. The highest BCUT2D eigenvalue weighted by Gasteiger charge is 2.26. The van der Waals surface area contributed by atoms with Gasteiger partial charge in [0, 0.05) is 12.1 Å². The van der Waals surface area contributed by atoms with Gasteiger partial charge in [-0.25, -0.2) is 4.39 Å². The molecule has 0 fully saturated rings. The van der Waals surface area contributed by atoms with Crippen LogP contribution in [0.5, 0.6) is 0 Å². The standard InChI is InChI=1S/C15H17ClFN3O2/c1-8-11(14(21)19-7-15(2,3)18)13(20-22-8)12-9(16)5-4-6-10(12)17/h4-6H,7,18H2,1-3H3,(H,19,21). The number of amides is 1. The van der Waals surface area contributed by atoms with Gasteiger partial charge in [0.15, 0.2) is 0 Å². The van der Waals surface area contributed by atoms with Gasteiger partial charge >= 0.3 is 0 Å². The molecule has 1 aromatic carbocycles. The van der Waals surface area contributed by atoms with E-state index < -0.39 is 17.3 Å². The zero-order valence-corrected chi connectivity index (χ0v) is 13.3. The van der Waals surface area contributed by atoms with Gasteiger partial charge < -0.3 is 15.6 Å². The van der Waals surface area contributed by atoms with E-state index in [1.54, 1.807) is 20.8 Å². The number of halogens is 2. The highest BCUT2D eigenvalue weighted by Crippen LogP contribution is 2.33. The van der Waals surface area contributed by atoms with Crippen LogP contribution in [0.3, 0.4) is 0 Å². The third kappa shape index (κ3) is 3.45. The van der Waals surface area contributed by atoms with Gasteiger partial charge in [0.25, 0.3) is 5.91 Å². The van der Waals surface area contributed by atoms with Crippen molar-refractivity contribution in [3.05, 3.63) is 40.4 Å². The van der Waals surface area contributed by atoms with Crippen LogP contribution in [-0.4, -0.2) is 23.1 Å². The maximum absolute atomic E-state index is 14.0. The maximum Gasteiger partial charge on any atom is 0.257 e. The Hall–Kier alpha value is -1.92. The average Bonchev–Trinajstić information content (AvgIpc) is 2.77. The number of nitrogens with one attached hydrogen (secondary N) is 1. The van der Waals surface area contributed by atoms with Crippen LogP contribution in [-0.2, 0) is 0 Å². The Balaban J connectivity index is 2.43. The summed E-state index contributed by atoms with van der Waals surface area (Å²) in [5.41, 5.74) is 5.53. The Kier molecular flexibility index (Phi) is 4.53. The summed E-state index contributed by atoms with van der Waals surface area (Å²) in [4.78, 5) is 12.4. The van der Waals surface area contributed by atoms with Crippen molar-refractivity contribution in [2.24, 2.45) is 5.73 Å². The van der Waals surface area contributed by atoms with Crippen LogP contribution in [0.2, 0.25) is 5.02 Å². The van der Waals surface area contributed by atoms with E-state index in [1.807, 2.05) is 0 Å². The molecular weight excluding hydrogens is 309 g/mol. The number of hydrogen-bond acceptors (Lipinski definition) is 4. The summed E-state index contributed by atoms with van der Waals surface area (Å²) in [7, 11) is 0. The summed E-state index contributed by atoms with van der Waals surface area (Å²) < 4.78 is 19.1. The van der Waals surface area contributed by atoms with Crippen molar-refractivity contribution in [3.8, 4) is 11.3 Å². The van der Waals surface area contributed by atoms with Crippen molar-refractivity contribution in [1.29, 1.82) is 0 Å². The molecule has 0 unspecified atom stereocenters. The van der Waals surface area contributed by atoms with Gasteiger partial charge in [-0.1, -0.05) is 22.8 Å². The minimum atomic E-state index is -0.575. The second-order valence-electron chi connectivity index (χ2n) is 5.73. The molecule has 0 aliphatic rings. The number of nitrogens with two attached hydrogens (primary N) is 1. The van der Waals surface area contributed by atoms with Crippen LogP contribution in [0.15, 0.2) is 22.7 Å². The van der Waals surface area contributed by atoms with Crippen molar-refractivity contribution >= 4 is 17.5 Å². The lowest BCUT2D eigenvalue weighted by Gasteiger charge is -2.18. The Morgan fingerprint density at radius 3 is 2.77 bits per heavy atom. The quantitative estimate of drug-likeness (QED) is 0.905. The first-order chi connectivity index (χ1) is 10.2. The minimum Gasteiger partial charge on any atom is -0.360 e. The smallest absolute Gasteiger partial charge is 0.257 e. The molecule has 0 atom stereocenters. The molecule has 5 nitrogen and oxygen atoms in total. The van der Waals surface area contributed by atoms with E-state index in [0.717, 1.165) is 0 Å². The van der Waals surface area contributed by atoms with Crippen LogP contribution in [0.4, 0.5) is 4.39 Å². The molecule has 2 aromatic rings. The zero-order valence-electron chi connectivity index (χ0n) is 12.5. The lowest BCUT2D eigenvalue weighted by molar-refractivity contribution is 0.0945. The summed E-state index contributed by atoms with van der Waals surface area (Å²) in [6, 6.07) is 4.25. The summed E-state index contributed by atoms with van der Waals surface area (Å²) in [5.74, 6) is -0.734. The van der Waals surface area contributed by atoms with E-state index in [2.05, 4.69) is 10.5 Å². The lowest BCUT2D eigenvalue weighted by atomic mass is 10.0. The summed E-state index contributed by atoms with van der Waals surface area (Å²) >= 11 is 6.03. The Labute approximate surface area is 132 Å². The van der Waals surface area contributed by atoms with Gasteiger partial charge in [-0.2, -0.15) is 0 Å². The molecule has 118 valence electrons. The van der Waals surface area contributed by atoms with Crippen molar-refractivity contribution in [2.75, 3.05) is 6.54 Å². The fraction of sp³-hybridized carbons (Fsp3) is 0.333. The number of aromatic nitrogens is 1. The third-order valence-corrected chi connectivity index (χ3v) is 3.31. The Morgan fingerprint density at radius 1 is 1.50 bits per heavy atom. The normalized spacial score (nSPS) is 11.5. The molecule has 1 aromatic heterocycles. The first kappa shape index (κ1) is 16.5. The van der Waals surface area contributed by atoms with Crippen molar-refractivity contribution < 1.29 is 13.7 Å². The number of benzene rings is 1. The van der Waals surface area contributed by atoms with E-state index >= 15 is 0 Å². The number of carbonyl (C=O) groups excluding carboxylic acids is 1. The molecule has 0 aliphatic carbocycles. The average molecular weight is 326 g/mol. The zero-order chi connectivity index (χ0) is 16.5. The van der Waals surface area contributed by atoms with Gasteiger partial charge in [-0.3, -0.25) is 4.79 Å². The molecule has 1 amide bonds. The second kappa shape index (κ2) is 6.06. The first-order valence-corrected chi connectivity index (χ1v) is 7.06. The molecule has 1 heterocycles. The molecule has 3 N–H and O–H groups in total. The van der Waals surface area contributed by atoms with Gasteiger partial charge in [0.05, 0.1) is 10.6 Å². The van der Waals surface area contributed by atoms with Gasteiger partial charge in [-0.15, -0.1) is 0 Å². The number of aryl methyl sites for hydroxylation is 1. The lowest BCUT2D eigenvalue weighted by Crippen LogP contribution is -2.45. The molecule has 0 saturated heterocycles. The van der Waals surface area contributed by atoms with Gasteiger partial charge in [0.2, 0.25) is 0 Å².